The van der Waals surface area contributed by atoms with E-state index in [9.17, 15) is 0 Å². The summed E-state index contributed by atoms with van der Waals surface area (Å²) in [6.45, 7) is 9.23. The molecule has 6 rings (SSSR count). The standard InChI is InChI=1S/C62H84S4/c1-5-9-13-17-19-21-23-27-31-55-43-45-57(63-55)61-53(29-25-15-11-7-3)47-59(65-61)51-39-35-49(36-40-51)33-34-50-37-41-52(42-38-50)60-48-54(30-26-16-12-8-4)62(66-60)58-46-44-56(64-58)32-28-24-22-20-18-14-10-6-2/h33-48H,5-32H2,1-4H3. The van der Waals surface area contributed by atoms with Crippen LogP contribution in [0.15, 0.2) is 84.9 Å². The van der Waals surface area contributed by atoms with Gasteiger partial charge in [0.05, 0.1) is 0 Å². The topological polar surface area (TPSA) is 0 Å². The summed E-state index contributed by atoms with van der Waals surface area (Å²) < 4.78 is 0. The first-order valence-corrected chi connectivity index (χ1v) is 30.2. The summed E-state index contributed by atoms with van der Waals surface area (Å²) in [5.41, 5.74) is 8.26. The second kappa shape index (κ2) is 30.5. The van der Waals surface area contributed by atoms with E-state index in [1.54, 1.807) is 20.9 Å². The molecule has 0 aliphatic heterocycles. The van der Waals surface area contributed by atoms with Gasteiger partial charge in [-0.3, -0.25) is 0 Å². The molecule has 0 saturated carbocycles. The van der Waals surface area contributed by atoms with Crippen molar-refractivity contribution in [3.8, 4) is 40.4 Å². The largest absolute Gasteiger partial charge is 0.139 e. The maximum absolute atomic E-state index is 2.51. The lowest BCUT2D eigenvalue weighted by Gasteiger charge is -2.02. The first-order chi connectivity index (χ1) is 32.6. The van der Waals surface area contributed by atoms with Crippen molar-refractivity contribution < 1.29 is 0 Å². The zero-order chi connectivity index (χ0) is 46.0. The molecular weight excluding hydrogens is 873 g/mol. The third-order valence-corrected chi connectivity index (χ3v) is 18.5. The molecule has 4 aromatic heterocycles. The van der Waals surface area contributed by atoms with Crippen LogP contribution in [0, 0.1) is 0 Å². The van der Waals surface area contributed by atoms with Crippen molar-refractivity contribution in [3.05, 3.63) is 117 Å². The van der Waals surface area contributed by atoms with Crippen LogP contribution in [-0.2, 0) is 25.7 Å². The Bertz CT molecular complexity index is 2060. The SMILES string of the molecule is CCCCCCCCCCc1ccc(-c2sc(-c3ccc(C=Cc4ccc(-c5cc(CCCCCC)c(-c6ccc(CCCCCCCCCC)s6)s5)cc4)cc3)cc2CCCCCC)s1. The van der Waals surface area contributed by atoms with Crippen LogP contribution >= 0.6 is 45.3 Å². The monoisotopic (exact) mass is 957 g/mol. The average molecular weight is 958 g/mol. The van der Waals surface area contributed by atoms with Crippen LogP contribution in [0.2, 0.25) is 0 Å². The van der Waals surface area contributed by atoms with Gasteiger partial charge in [0.2, 0.25) is 0 Å². The van der Waals surface area contributed by atoms with Gasteiger partial charge in [-0.2, -0.15) is 0 Å². The molecule has 0 radical (unpaired) electrons. The van der Waals surface area contributed by atoms with Crippen LogP contribution < -0.4 is 0 Å². The van der Waals surface area contributed by atoms with Gasteiger partial charge in [-0.05, 0) is 121 Å². The van der Waals surface area contributed by atoms with E-state index in [2.05, 4.69) is 125 Å². The molecule has 2 aromatic carbocycles. The summed E-state index contributed by atoms with van der Waals surface area (Å²) >= 11 is 8.11. The van der Waals surface area contributed by atoms with E-state index in [0.29, 0.717) is 0 Å². The minimum absolute atomic E-state index is 1.18. The minimum atomic E-state index is 1.18. The van der Waals surface area contributed by atoms with Crippen LogP contribution in [-0.4, -0.2) is 0 Å². The molecule has 356 valence electrons. The molecule has 0 aliphatic rings. The smallest absolute Gasteiger partial charge is 0.0481 e. The van der Waals surface area contributed by atoms with Crippen molar-refractivity contribution >= 4 is 57.5 Å². The average Bonchev–Trinajstić information content (AvgIpc) is 4.18. The van der Waals surface area contributed by atoms with Crippen molar-refractivity contribution in [1.29, 1.82) is 0 Å². The first kappa shape index (κ1) is 52.4. The Kier molecular flexibility index (Phi) is 24.2. The van der Waals surface area contributed by atoms with E-state index in [0.717, 1.165) is 0 Å². The Morgan fingerprint density at radius 1 is 0.303 bits per heavy atom. The van der Waals surface area contributed by atoms with Gasteiger partial charge >= 0.3 is 0 Å². The van der Waals surface area contributed by atoms with E-state index in [-0.39, 0.29) is 0 Å². The molecule has 0 nitrogen and oxygen atoms in total. The summed E-state index contributed by atoms with van der Waals surface area (Å²) in [6.07, 6.45) is 42.0. The van der Waals surface area contributed by atoms with Gasteiger partial charge in [0.25, 0.3) is 0 Å². The lowest BCUT2D eigenvalue weighted by molar-refractivity contribution is 0.576. The lowest BCUT2D eigenvalue weighted by Crippen LogP contribution is -1.85. The van der Waals surface area contributed by atoms with Crippen molar-refractivity contribution in [1.82, 2.24) is 0 Å². The number of hydrogen-bond acceptors (Lipinski definition) is 4. The predicted molar refractivity (Wildman–Crippen MR) is 303 cm³/mol. The van der Waals surface area contributed by atoms with E-state index < -0.39 is 0 Å². The predicted octanol–water partition coefficient (Wildman–Crippen LogP) is 22.4. The number of unbranched alkanes of at least 4 members (excludes halogenated alkanes) is 20. The van der Waals surface area contributed by atoms with Crippen molar-refractivity contribution in [2.45, 2.75) is 207 Å². The molecule has 4 heteroatoms. The summed E-state index contributed by atoms with van der Waals surface area (Å²) in [4.78, 5) is 11.9. The molecule has 0 spiro atoms. The molecular formula is C62H84S4. The molecule has 0 aliphatic carbocycles. The highest BCUT2D eigenvalue weighted by atomic mass is 32.1. The first-order valence-electron chi connectivity index (χ1n) is 26.9. The molecule has 0 atom stereocenters. The molecule has 4 heterocycles. The highest BCUT2D eigenvalue weighted by molar-refractivity contribution is 7.24. The Hall–Kier alpha value is -3.02. The molecule has 0 fully saturated rings. The fourth-order valence-electron chi connectivity index (χ4n) is 9.26. The Balaban J connectivity index is 1.06. The Morgan fingerprint density at radius 3 is 0.985 bits per heavy atom. The third-order valence-electron chi connectivity index (χ3n) is 13.4. The van der Waals surface area contributed by atoms with Gasteiger partial charge in [0, 0.05) is 39.0 Å². The Morgan fingerprint density at radius 2 is 0.621 bits per heavy atom. The van der Waals surface area contributed by atoms with Crippen LogP contribution in [0.1, 0.15) is 214 Å². The fraction of sp³-hybridized carbons (Fsp3) is 0.516. The summed E-state index contributed by atoms with van der Waals surface area (Å²) in [5, 5.41) is 0. The summed E-state index contributed by atoms with van der Waals surface area (Å²) in [5.74, 6) is 0. The molecule has 66 heavy (non-hydrogen) atoms. The van der Waals surface area contributed by atoms with E-state index in [1.807, 2.05) is 45.3 Å². The quantitative estimate of drug-likeness (QED) is 0.0279. The van der Waals surface area contributed by atoms with E-state index in [4.69, 9.17) is 0 Å². The molecule has 0 unspecified atom stereocenters. The highest BCUT2D eigenvalue weighted by Crippen LogP contribution is 2.44. The van der Waals surface area contributed by atoms with Gasteiger partial charge < -0.3 is 0 Å². The fourth-order valence-corrected chi connectivity index (χ4v) is 14.1. The number of thiophene rings is 4. The Labute approximate surface area is 419 Å². The number of aryl methyl sites for hydroxylation is 4. The maximum atomic E-state index is 2.51. The second-order valence-corrected chi connectivity index (χ2v) is 23.6. The molecule has 0 bridgehead atoms. The summed E-state index contributed by atoms with van der Waals surface area (Å²) in [6, 6.07) is 33.2. The van der Waals surface area contributed by atoms with Crippen molar-refractivity contribution in [3.63, 3.8) is 0 Å². The van der Waals surface area contributed by atoms with Crippen LogP contribution in [0.25, 0.3) is 52.5 Å². The van der Waals surface area contributed by atoms with Crippen molar-refractivity contribution in [2.24, 2.45) is 0 Å². The van der Waals surface area contributed by atoms with Crippen LogP contribution in [0.3, 0.4) is 0 Å². The number of hydrogen-bond donors (Lipinski definition) is 0. The van der Waals surface area contributed by atoms with Gasteiger partial charge in [-0.1, -0.05) is 217 Å². The maximum Gasteiger partial charge on any atom is 0.0481 e. The van der Waals surface area contributed by atoms with Crippen molar-refractivity contribution in [2.75, 3.05) is 0 Å². The normalized spacial score (nSPS) is 11.8. The van der Waals surface area contributed by atoms with Gasteiger partial charge in [0.15, 0.2) is 0 Å². The number of rotatable bonds is 34. The number of benzene rings is 2. The van der Waals surface area contributed by atoms with Gasteiger partial charge in [-0.25, -0.2) is 0 Å². The summed E-state index contributed by atoms with van der Waals surface area (Å²) in [7, 11) is 0. The van der Waals surface area contributed by atoms with E-state index >= 15 is 0 Å². The second-order valence-electron chi connectivity index (χ2n) is 19.1. The third kappa shape index (κ3) is 17.5. The highest BCUT2D eigenvalue weighted by Gasteiger charge is 2.17. The van der Waals surface area contributed by atoms with Crippen LogP contribution in [0.4, 0.5) is 0 Å². The molecule has 0 amide bonds. The van der Waals surface area contributed by atoms with Gasteiger partial charge in [-0.15, -0.1) is 45.3 Å². The molecule has 6 aromatic rings. The zero-order valence-corrected chi connectivity index (χ0v) is 44.9. The molecule has 0 saturated heterocycles. The lowest BCUT2D eigenvalue weighted by atomic mass is 10.0. The zero-order valence-electron chi connectivity index (χ0n) is 41.7. The minimum Gasteiger partial charge on any atom is -0.139 e. The molecule has 0 N–H and O–H groups in total. The van der Waals surface area contributed by atoms with E-state index in [1.165, 1.54) is 231 Å². The van der Waals surface area contributed by atoms with Crippen LogP contribution in [0.5, 0.6) is 0 Å². The van der Waals surface area contributed by atoms with Gasteiger partial charge in [0.1, 0.15) is 0 Å².